The molecule has 0 bridgehead atoms. The summed E-state index contributed by atoms with van der Waals surface area (Å²) in [5.41, 5.74) is 4.92. The van der Waals surface area contributed by atoms with E-state index in [0.717, 1.165) is 0 Å². The monoisotopic (exact) mass is 282 g/mol. The van der Waals surface area contributed by atoms with Gasteiger partial charge < -0.3 is 20.3 Å². The average Bonchev–Trinajstić information content (AvgIpc) is 2.81. The second kappa shape index (κ2) is 5.14. The van der Waals surface area contributed by atoms with Gasteiger partial charge >= 0.3 is 0 Å². The number of nitrogens with one attached hydrogen (secondary N) is 1. The standard InChI is InChI=1S/C13H22N4O3/c1-5-19-9-6-13(14,12(9,3)4)11(18)15-7-10-16-8(2)17-20-10/h9H,5-7,14H2,1-4H3,(H,15,18). The van der Waals surface area contributed by atoms with Crippen LogP contribution in [0.1, 0.15) is 38.9 Å². The number of carbonyl (C=O) groups is 1. The molecule has 1 aliphatic rings. The van der Waals surface area contributed by atoms with E-state index in [1.54, 1.807) is 6.92 Å². The largest absolute Gasteiger partial charge is 0.378 e. The molecule has 1 fully saturated rings. The minimum atomic E-state index is -0.929. The van der Waals surface area contributed by atoms with Crippen LogP contribution in [0.25, 0.3) is 0 Å². The van der Waals surface area contributed by atoms with Crippen molar-refractivity contribution in [3.8, 4) is 0 Å². The second-order valence-electron chi connectivity index (χ2n) is 5.76. The molecule has 7 heteroatoms. The van der Waals surface area contributed by atoms with Crippen molar-refractivity contribution in [2.45, 2.75) is 52.3 Å². The maximum atomic E-state index is 12.3. The molecule has 1 aliphatic carbocycles. The van der Waals surface area contributed by atoms with Crippen LogP contribution in [0, 0.1) is 12.3 Å². The van der Waals surface area contributed by atoms with Crippen LogP contribution in [0.3, 0.4) is 0 Å². The van der Waals surface area contributed by atoms with E-state index >= 15 is 0 Å². The summed E-state index contributed by atoms with van der Waals surface area (Å²) in [6.07, 6.45) is 0.525. The molecule has 1 saturated carbocycles. The molecule has 2 unspecified atom stereocenters. The normalized spacial score (nSPS) is 27.9. The molecule has 1 aromatic rings. The van der Waals surface area contributed by atoms with Gasteiger partial charge in [0.15, 0.2) is 5.82 Å². The number of amides is 1. The Bertz CT molecular complexity index is 500. The molecule has 2 rings (SSSR count). The summed E-state index contributed by atoms with van der Waals surface area (Å²) in [6, 6.07) is 0. The Morgan fingerprint density at radius 3 is 2.80 bits per heavy atom. The molecule has 0 aromatic carbocycles. The molecule has 0 spiro atoms. The SMILES string of the molecule is CCOC1CC(N)(C(=O)NCc2nc(C)no2)C1(C)C. The lowest BCUT2D eigenvalue weighted by atomic mass is 9.54. The summed E-state index contributed by atoms with van der Waals surface area (Å²) >= 11 is 0. The van der Waals surface area contributed by atoms with E-state index in [2.05, 4.69) is 15.5 Å². The summed E-state index contributed by atoms with van der Waals surface area (Å²) in [5.74, 6) is 0.698. The van der Waals surface area contributed by atoms with Gasteiger partial charge in [-0.2, -0.15) is 4.98 Å². The van der Waals surface area contributed by atoms with Gasteiger partial charge in [-0.05, 0) is 13.8 Å². The third-order valence-electron chi connectivity index (χ3n) is 4.20. The van der Waals surface area contributed by atoms with Crippen LogP contribution < -0.4 is 11.1 Å². The minimum absolute atomic E-state index is 0.00824. The van der Waals surface area contributed by atoms with Crippen molar-refractivity contribution in [3.05, 3.63) is 11.7 Å². The number of ether oxygens (including phenoxy) is 1. The van der Waals surface area contributed by atoms with Gasteiger partial charge in [0.25, 0.3) is 0 Å². The van der Waals surface area contributed by atoms with Crippen molar-refractivity contribution < 1.29 is 14.1 Å². The number of aryl methyl sites for hydroxylation is 1. The highest BCUT2D eigenvalue weighted by atomic mass is 16.5. The van der Waals surface area contributed by atoms with Gasteiger partial charge in [-0.1, -0.05) is 19.0 Å². The number of nitrogens with zero attached hydrogens (tertiary/aromatic N) is 2. The summed E-state index contributed by atoms with van der Waals surface area (Å²) in [6.45, 7) is 8.37. The minimum Gasteiger partial charge on any atom is -0.378 e. The van der Waals surface area contributed by atoms with Crippen LogP contribution in [-0.4, -0.2) is 34.3 Å². The Morgan fingerprint density at radius 2 is 2.30 bits per heavy atom. The van der Waals surface area contributed by atoms with E-state index in [-0.39, 0.29) is 18.6 Å². The summed E-state index contributed by atoms with van der Waals surface area (Å²) in [7, 11) is 0. The van der Waals surface area contributed by atoms with Gasteiger partial charge in [0.1, 0.15) is 5.54 Å². The zero-order chi connectivity index (χ0) is 15.0. The lowest BCUT2D eigenvalue weighted by Gasteiger charge is -2.57. The molecule has 0 radical (unpaired) electrons. The fraction of sp³-hybridized carbons (Fsp3) is 0.769. The van der Waals surface area contributed by atoms with Crippen LogP contribution >= 0.6 is 0 Å². The van der Waals surface area contributed by atoms with Crippen molar-refractivity contribution in [1.29, 1.82) is 0 Å². The Balaban J connectivity index is 1.95. The molecule has 1 heterocycles. The van der Waals surface area contributed by atoms with Crippen molar-refractivity contribution in [2.24, 2.45) is 11.1 Å². The molecule has 2 atom stereocenters. The first-order valence-electron chi connectivity index (χ1n) is 6.79. The second-order valence-corrected chi connectivity index (χ2v) is 5.76. The Kier molecular flexibility index (Phi) is 3.84. The van der Waals surface area contributed by atoms with Gasteiger partial charge in [-0.3, -0.25) is 4.79 Å². The average molecular weight is 282 g/mol. The van der Waals surface area contributed by atoms with Gasteiger partial charge in [0, 0.05) is 18.4 Å². The van der Waals surface area contributed by atoms with Crippen LogP contribution in [0.2, 0.25) is 0 Å². The molecule has 1 amide bonds. The number of rotatable bonds is 5. The van der Waals surface area contributed by atoms with Crippen molar-refractivity contribution in [1.82, 2.24) is 15.5 Å². The zero-order valence-corrected chi connectivity index (χ0v) is 12.4. The molecule has 3 N–H and O–H groups in total. The van der Waals surface area contributed by atoms with Gasteiger partial charge in [0.2, 0.25) is 11.8 Å². The molecular formula is C13H22N4O3. The third kappa shape index (κ3) is 2.31. The smallest absolute Gasteiger partial charge is 0.246 e. The van der Waals surface area contributed by atoms with E-state index in [1.807, 2.05) is 20.8 Å². The zero-order valence-electron chi connectivity index (χ0n) is 12.4. The van der Waals surface area contributed by atoms with Gasteiger partial charge in [-0.25, -0.2) is 0 Å². The first-order valence-corrected chi connectivity index (χ1v) is 6.79. The maximum absolute atomic E-state index is 12.3. The highest BCUT2D eigenvalue weighted by Gasteiger charge is 2.62. The highest BCUT2D eigenvalue weighted by Crippen LogP contribution is 2.49. The molecule has 1 aromatic heterocycles. The molecule has 0 aliphatic heterocycles. The summed E-state index contributed by atoms with van der Waals surface area (Å²) < 4.78 is 10.6. The number of hydrogen-bond acceptors (Lipinski definition) is 6. The van der Waals surface area contributed by atoms with Crippen molar-refractivity contribution in [2.75, 3.05) is 6.61 Å². The van der Waals surface area contributed by atoms with Gasteiger partial charge in [-0.15, -0.1) is 0 Å². The van der Waals surface area contributed by atoms with Crippen LogP contribution in [0.4, 0.5) is 0 Å². The Hall–Kier alpha value is -1.47. The molecule has 0 saturated heterocycles. The summed E-state index contributed by atoms with van der Waals surface area (Å²) in [4.78, 5) is 16.3. The molecule has 7 nitrogen and oxygen atoms in total. The lowest BCUT2D eigenvalue weighted by Crippen LogP contribution is -2.75. The number of aromatic nitrogens is 2. The quantitative estimate of drug-likeness (QED) is 0.816. The van der Waals surface area contributed by atoms with Crippen molar-refractivity contribution in [3.63, 3.8) is 0 Å². The lowest BCUT2D eigenvalue weighted by molar-refractivity contribution is -0.170. The van der Waals surface area contributed by atoms with Crippen LogP contribution in [0.5, 0.6) is 0 Å². The Labute approximate surface area is 118 Å². The van der Waals surface area contributed by atoms with Crippen molar-refractivity contribution >= 4 is 5.91 Å². The van der Waals surface area contributed by atoms with E-state index in [1.165, 1.54) is 0 Å². The number of nitrogens with two attached hydrogens (primary N) is 1. The Morgan fingerprint density at radius 1 is 1.60 bits per heavy atom. The molecular weight excluding hydrogens is 260 g/mol. The van der Waals surface area contributed by atoms with E-state index in [9.17, 15) is 4.79 Å². The maximum Gasteiger partial charge on any atom is 0.246 e. The first kappa shape index (κ1) is 14.9. The third-order valence-corrected chi connectivity index (χ3v) is 4.20. The highest BCUT2D eigenvalue weighted by molar-refractivity contribution is 5.88. The first-order chi connectivity index (χ1) is 9.31. The molecule has 112 valence electrons. The predicted molar refractivity (Wildman–Crippen MR) is 71.6 cm³/mol. The van der Waals surface area contributed by atoms with Gasteiger partial charge in [0.05, 0.1) is 12.6 Å². The fourth-order valence-electron chi connectivity index (χ4n) is 2.55. The number of hydrogen-bond donors (Lipinski definition) is 2. The van der Waals surface area contributed by atoms with Crippen LogP contribution in [-0.2, 0) is 16.1 Å². The fourth-order valence-corrected chi connectivity index (χ4v) is 2.55. The number of carbonyl (C=O) groups excluding carboxylic acids is 1. The van der Waals surface area contributed by atoms with E-state index in [0.29, 0.717) is 24.7 Å². The topological polar surface area (TPSA) is 103 Å². The van der Waals surface area contributed by atoms with E-state index in [4.69, 9.17) is 15.0 Å². The van der Waals surface area contributed by atoms with E-state index < -0.39 is 11.0 Å². The molecule has 20 heavy (non-hydrogen) atoms. The van der Waals surface area contributed by atoms with Crippen LogP contribution in [0.15, 0.2) is 4.52 Å². The summed E-state index contributed by atoms with van der Waals surface area (Å²) in [5, 5.41) is 6.42. The predicted octanol–water partition coefficient (Wildman–Crippen LogP) is 0.527.